The third-order valence-corrected chi connectivity index (χ3v) is 7.50. The zero-order valence-electron chi connectivity index (χ0n) is 14.5. The lowest BCUT2D eigenvalue weighted by Gasteiger charge is -2.31. The van der Waals surface area contributed by atoms with Crippen molar-refractivity contribution in [2.24, 2.45) is 0 Å². The Balaban J connectivity index is 1.54. The average Bonchev–Trinajstić information content (AvgIpc) is 3.33. The van der Waals surface area contributed by atoms with Crippen molar-refractivity contribution in [3.63, 3.8) is 0 Å². The number of thioether (sulfide) groups is 1. The number of benzene rings is 1. The number of hydrogen-bond donors (Lipinski definition) is 2. The second kappa shape index (κ2) is 7.96. The maximum Gasteiger partial charge on any atom is 0.279 e. The Labute approximate surface area is 166 Å². The Morgan fingerprint density at radius 2 is 2.08 bits per heavy atom. The number of carbonyl (C=O) groups excluding carboxylic acids is 1. The van der Waals surface area contributed by atoms with Gasteiger partial charge in [0.15, 0.2) is 6.54 Å². The van der Waals surface area contributed by atoms with Gasteiger partial charge in [-0.2, -0.15) is 0 Å². The normalized spacial score (nSPS) is 19.1. The van der Waals surface area contributed by atoms with E-state index in [4.69, 9.17) is 0 Å². The van der Waals surface area contributed by atoms with Crippen LogP contribution in [0, 0.1) is 0 Å². The van der Waals surface area contributed by atoms with Crippen molar-refractivity contribution in [3.8, 4) is 0 Å². The van der Waals surface area contributed by atoms with Crippen molar-refractivity contribution in [1.82, 2.24) is 0 Å². The Hall–Kier alpha value is -1.60. The standard InChI is InChI=1S/C20H20N2OS3/c1-24-17-6-3-2-5-15(17)21-19(23)13-22-10-8-16-14(9-12-26-16)20(22)18-7-4-11-25-18/h2-7,9,11-12,20H,8,10,13H2,1H3,(H,21,23)/p+1/t20-/m1/s1. The molecule has 1 aliphatic heterocycles. The highest BCUT2D eigenvalue weighted by Gasteiger charge is 2.35. The van der Waals surface area contributed by atoms with Gasteiger partial charge in [0.25, 0.3) is 5.91 Å². The van der Waals surface area contributed by atoms with Gasteiger partial charge < -0.3 is 10.2 Å². The number of carbonyl (C=O) groups is 1. The van der Waals surface area contributed by atoms with E-state index in [0.717, 1.165) is 23.5 Å². The lowest BCUT2D eigenvalue weighted by atomic mass is 9.98. The van der Waals surface area contributed by atoms with E-state index in [0.29, 0.717) is 6.54 Å². The molecule has 6 heteroatoms. The molecule has 1 amide bonds. The van der Waals surface area contributed by atoms with Gasteiger partial charge in [-0.15, -0.1) is 34.4 Å². The number of fused-ring (bicyclic) bond motifs is 1. The van der Waals surface area contributed by atoms with Gasteiger partial charge in [0.1, 0.15) is 6.04 Å². The number of thiophene rings is 2. The van der Waals surface area contributed by atoms with Gasteiger partial charge >= 0.3 is 0 Å². The van der Waals surface area contributed by atoms with Crippen LogP contribution in [-0.2, 0) is 11.2 Å². The summed E-state index contributed by atoms with van der Waals surface area (Å²) in [6.07, 6.45) is 3.09. The summed E-state index contributed by atoms with van der Waals surface area (Å²) in [5.74, 6) is 0.0849. The lowest BCUT2D eigenvalue weighted by molar-refractivity contribution is -0.919. The summed E-state index contributed by atoms with van der Waals surface area (Å²) < 4.78 is 0. The van der Waals surface area contributed by atoms with Crippen molar-refractivity contribution in [2.75, 3.05) is 24.7 Å². The van der Waals surface area contributed by atoms with Gasteiger partial charge in [0.2, 0.25) is 0 Å². The highest BCUT2D eigenvalue weighted by Crippen LogP contribution is 2.31. The van der Waals surface area contributed by atoms with Crippen molar-refractivity contribution >= 4 is 46.0 Å². The molecule has 2 atom stereocenters. The number of nitrogens with one attached hydrogen (secondary N) is 2. The molecule has 0 spiro atoms. The summed E-state index contributed by atoms with van der Waals surface area (Å²) in [6.45, 7) is 1.48. The monoisotopic (exact) mass is 401 g/mol. The molecule has 3 nitrogen and oxygen atoms in total. The molecule has 3 aromatic rings. The number of hydrogen-bond acceptors (Lipinski definition) is 4. The number of quaternary nitrogens is 1. The van der Waals surface area contributed by atoms with Crippen LogP contribution in [0.3, 0.4) is 0 Å². The number of rotatable bonds is 5. The van der Waals surface area contributed by atoms with E-state index in [2.05, 4.69) is 34.3 Å². The first-order chi connectivity index (χ1) is 12.8. The van der Waals surface area contributed by atoms with Crippen LogP contribution in [0.15, 0.2) is 58.1 Å². The fourth-order valence-corrected chi connectivity index (χ4v) is 5.97. The van der Waals surface area contributed by atoms with Crippen LogP contribution in [0.25, 0.3) is 0 Å². The molecule has 26 heavy (non-hydrogen) atoms. The molecule has 0 saturated carbocycles. The Morgan fingerprint density at radius 1 is 1.19 bits per heavy atom. The molecule has 1 aromatic carbocycles. The molecule has 0 bridgehead atoms. The van der Waals surface area contributed by atoms with Crippen LogP contribution < -0.4 is 10.2 Å². The Kier molecular flexibility index (Phi) is 5.45. The largest absolute Gasteiger partial charge is 0.320 e. The Bertz CT molecular complexity index is 888. The predicted octanol–water partition coefficient (Wildman–Crippen LogP) is 3.70. The topological polar surface area (TPSA) is 33.5 Å². The van der Waals surface area contributed by atoms with E-state index >= 15 is 0 Å². The summed E-state index contributed by atoms with van der Waals surface area (Å²) in [6, 6.07) is 14.8. The van der Waals surface area contributed by atoms with E-state index in [1.54, 1.807) is 23.1 Å². The average molecular weight is 402 g/mol. The van der Waals surface area contributed by atoms with Crippen molar-refractivity contribution in [2.45, 2.75) is 17.4 Å². The number of para-hydroxylation sites is 1. The first-order valence-electron chi connectivity index (χ1n) is 8.63. The predicted molar refractivity (Wildman–Crippen MR) is 112 cm³/mol. The number of amides is 1. The molecule has 2 aromatic heterocycles. The molecule has 2 N–H and O–H groups in total. The third kappa shape index (κ3) is 3.60. The smallest absolute Gasteiger partial charge is 0.279 e. The van der Waals surface area contributed by atoms with Crippen LogP contribution in [0.1, 0.15) is 21.4 Å². The minimum absolute atomic E-state index is 0.0849. The second-order valence-corrected chi connectivity index (χ2v) is 9.16. The molecule has 0 fully saturated rings. The van der Waals surface area contributed by atoms with Gasteiger partial charge in [0.05, 0.1) is 17.1 Å². The molecule has 0 saturated heterocycles. The van der Waals surface area contributed by atoms with Crippen LogP contribution >= 0.6 is 34.4 Å². The zero-order chi connectivity index (χ0) is 17.9. The molecular formula is C20H21N2OS3+. The fraction of sp³-hybridized carbons (Fsp3) is 0.250. The van der Waals surface area contributed by atoms with Crippen molar-refractivity contribution in [3.05, 3.63) is 68.5 Å². The summed E-state index contributed by atoms with van der Waals surface area (Å²) >= 11 is 5.28. The van der Waals surface area contributed by atoms with E-state index in [1.807, 2.05) is 41.9 Å². The molecule has 0 radical (unpaired) electrons. The van der Waals surface area contributed by atoms with Crippen molar-refractivity contribution in [1.29, 1.82) is 0 Å². The maximum atomic E-state index is 12.8. The third-order valence-electron chi connectivity index (χ3n) is 4.77. The first kappa shape index (κ1) is 17.8. The zero-order valence-corrected chi connectivity index (χ0v) is 17.0. The van der Waals surface area contributed by atoms with Gasteiger partial charge in [-0.05, 0) is 41.3 Å². The molecular weight excluding hydrogens is 380 g/mol. The van der Waals surface area contributed by atoms with E-state index in [1.165, 1.54) is 20.2 Å². The SMILES string of the molecule is CSc1ccccc1NC(=O)C[NH+]1CCc2sccc2[C@@H]1c1cccs1. The van der Waals surface area contributed by atoms with Crippen LogP contribution in [0.4, 0.5) is 5.69 Å². The second-order valence-electron chi connectivity index (χ2n) is 6.33. The van der Waals surface area contributed by atoms with Gasteiger partial charge in [-0.25, -0.2) is 0 Å². The molecule has 3 heterocycles. The summed E-state index contributed by atoms with van der Waals surface area (Å²) in [5.41, 5.74) is 2.31. The summed E-state index contributed by atoms with van der Waals surface area (Å²) in [5, 5.41) is 7.43. The molecule has 4 rings (SSSR count). The first-order valence-corrected chi connectivity index (χ1v) is 11.6. The van der Waals surface area contributed by atoms with Gasteiger partial charge in [-0.1, -0.05) is 18.2 Å². The minimum Gasteiger partial charge on any atom is -0.320 e. The van der Waals surface area contributed by atoms with Crippen LogP contribution in [-0.4, -0.2) is 25.3 Å². The summed E-state index contributed by atoms with van der Waals surface area (Å²) in [7, 11) is 0. The van der Waals surface area contributed by atoms with Crippen LogP contribution in [0.5, 0.6) is 0 Å². The fourth-order valence-electron chi connectivity index (χ4n) is 3.60. The van der Waals surface area contributed by atoms with Crippen LogP contribution in [0.2, 0.25) is 0 Å². The number of anilines is 1. The molecule has 134 valence electrons. The highest BCUT2D eigenvalue weighted by atomic mass is 32.2. The van der Waals surface area contributed by atoms with E-state index in [9.17, 15) is 4.79 Å². The maximum absolute atomic E-state index is 12.8. The van der Waals surface area contributed by atoms with E-state index in [-0.39, 0.29) is 11.9 Å². The molecule has 0 aliphatic carbocycles. The quantitative estimate of drug-likeness (QED) is 0.639. The van der Waals surface area contributed by atoms with Gasteiger partial charge in [-0.3, -0.25) is 4.79 Å². The Morgan fingerprint density at radius 3 is 2.88 bits per heavy atom. The molecule has 1 aliphatic rings. The van der Waals surface area contributed by atoms with E-state index < -0.39 is 0 Å². The minimum atomic E-state index is 0.0849. The van der Waals surface area contributed by atoms with Gasteiger partial charge in [0, 0.05) is 21.8 Å². The van der Waals surface area contributed by atoms with Crippen molar-refractivity contribution < 1.29 is 9.69 Å². The molecule has 1 unspecified atom stereocenters. The summed E-state index contributed by atoms with van der Waals surface area (Å²) in [4.78, 5) is 18.0. The lowest BCUT2D eigenvalue weighted by Crippen LogP contribution is -3.14. The highest BCUT2D eigenvalue weighted by molar-refractivity contribution is 7.98.